The van der Waals surface area contributed by atoms with Crippen molar-refractivity contribution < 1.29 is 0 Å². The lowest BCUT2D eigenvalue weighted by Crippen LogP contribution is -1.79. The molecular formula is C4H9S. The van der Waals surface area contributed by atoms with E-state index in [0.29, 0.717) is 0 Å². The standard InChI is InChI=1S/C4H9S/c1-4(2)3-5/h5H,3H2,1-2H3. The first-order valence-corrected chi connectivity index (χ1v) is 2.30. The van der Waals surface area contributed by atoms with E-state index in [1.165, 1.54) is 5.92 Å². The lowest BCUT2D eigenvalue weighted by molar-refractivity contribution is 1.12. The van der Waals surface area contributed by atoms with E-state index in [1.807, 2.05) is 0 Å². The van der Waals surface area contributed by atoms with Crippen LogP contribution in [0.2, 0.25) is 0 Å². The molecular weight excluding hydrogens is 80.1 g/mol. The third-order valence-electron chi connectivity index (χ3n) is 0.316. The minimum absolute atomic E-state index is 0.917. The molecule has 0 nitrogen and oxygen atoms in total. The Labute approximate surface area is 39.0 Å². The molecule has 1 heteroatoms. The van der Waals surface area contributed by atoms with Crippen LogP contribution in [0, 0.1) is 5.92 Å². The summed E-state index contributed by atoms with van der Waals surface area (Å²) < 4.78 is 0. The third-order valence-corrected chi connectivity index (χ3v) is 0.949. The predicted molar refractivity (Wildman–Crippen MR) is 28.4 cm³/mol. The average Bonchev–Trinajstić information content (AvgIpc) is 1.38. The molecule has 31 valence electrons. The van der Waals surface area contributed by atoms with Crippen LogP contribution in [0.5, 0.6) is 0 Å². The number of thiol groups is 1. The molecule has 0 aromatic heterocycles. The fourth-order valence-corrected chi connectivity index (χ4v) is 0. The van der Waals surface area contributed by atoms with Gasteiger partial charge in [-0.2, -0.15) is 12.6 Å². The highest BCUT2D eigenvalue weighted by molar-refractivity contribution is 7.80. The van der Waals surface area contributed by atoms with E-state index in [2.05, 4.69) is 26.5 Å². The Hall–Kier alpha value is 0.350. The van der Waals surface area contributed by atoms with Crippen LogP contribution >= 0.6 is 12.6 Å². The van der Waals surface area contributed by atoms with Crippen molar-refractivity contribution in [2.24, 2.45) is 0 Å². The maximum atomic E-state index is 3.98. The van der Waals surface area contributed by atoms with Crippen LogP contribution in [0.1, 0.15) is 13.8 Å². The van der Waals surface area contributed by atoms with E-state index in [1.54, 1.807) is 0 Å². The summed E-state index contributed by atoms with van der Waals surface area (Å²) in [6.45, 7) is 4.12. The largest absolute Gasteiger partial charge is 0.179 e. The van der Waals surface area contributed by atoms with Gasteiger partial charge in [0.05, 0.1) is 0 Å². The lowest BCUT2D eigenvalue weighted by atomic mass is 10.3. The maximum absolute atomic E-state index is 3.98. The maximum Gasteiger partial charge on any atom is -0.00410 e. The summed E-state index contributed by atoms with van der Waals surface area (Å²) in [5.41, 5.74) is 0. The number of hydrogen-bond donors (Lipinski definition) is 1. The molecule has 0 aromatic carbocycles. The Balaban J connectivity index is 2.54. The molecule has 0 aliphatic rings. The molecule has 0 fully saturated rings. The Morgan fingerprint density at radius 2 is 1.80 bits per heavy atom. The van der Waals surface area contributed by atoms with Crippen LogP contribution in [0.15, 0.2) is 0 Å². The van der Waals surface area contributed by atoms with Gasteiger partial charge in [0.15, 0.2) is 0 Å². The second-order valence-corrected chi connectivity index (χ2v) is 1.68. The summed E-state index contributed by atoms with van der Waals surface area (Å²) in [6, 6.07) is 0. The second-order valence-electron chi connectivity index (χ2n) is 1.37. The molecule has 0 unspecified atom stereocenters. The van der Waals surface area contributed by atoms with E-state index in [9.17, 15) is 0 Å². The van der Waals surface area contributed by atoms with Crippen LogP contribution in [0.3, 0.4) is 0 Å². The SMILES string of the molecule is C[C](C)CS. The molecule has 0 aromatic rings. The Morgan fingerprint density at radius 3 is 1.80 bits per heavy atom. The minimum atomic E-state index is 0.917. The summed E-state index contributed by atoms with van der Waals surface area (Å²) in [5.74, 6) is 2.29. The zero-order valence-corrected chi connectivity index (χ0v) is 4.55. The Kier molecular flexibility index (Phi) is 2.76. The highest BCUT2D eigenvalue weighted by Crippen LogP contribution is 1.94. The van der Waals surface area contributed by atoms with Crippen LogP contribution in [0.25, 0.3) is 0 Å². The van der Waals surface area contributed by atoms with Gasteiger partial charge in [-0.25, -0.2) is 0 Å². The molecule has 0 heterocycles. The first kappa shape index (κ1) is 5.35. The van der Waals surface area contributed by atoms with Crippen molar-refractivity contribution in [3.8, 4) is 0 Å². The highest BCUT2D eigenvalue weighted by Gasteiger charge is 1.81. The van der Waals surface area contributed by atoms with Gasteiger partial charge in [0.2, 0.25) is 0 Å². The average molecular weight is 89.2 g/mol. The van der Waals surface area contributed by atoms with Crippen LogP contribution in [-0.4, -0.2) is 5.75 Å². The predicted octanol–water partition coefficient (Wildman–Crippen LogP) is 1.53. The van der Waals surface area contributed by atoms with Gasteiger partial charge in [-0.05, 0) is 11.7 Å². The van der Waals surface area contributed by atoms with Crippen LogP contribution in [-0.2, 0) is 0 Å². The van der Waals surface area contributed by atoms with E-state index in [0.717, 1.165) is 5.75 Å². The summed E-state index contributed by atoms with van der Waals surface area (Å²) in [7, 11) is 0. The molecule has 0 spiro atoms. The van der Waals surface area contributed by atoms with Gasteiger partial charge in [0, 0.05) is 0 Å². The van der Waals surface area contributed by atoms with Gasteiger partial charge in [0.25, 0.3) is 0 Å². The molecule has 0 saturated heterocycles. The molecule has 1 radical (unpaired) electrons. The summed E-state index contributed by atoms with van der Waals surface area (Å²) in [4.78, 5) is 0. The highest BCUT2D eigenvalue weighted by atomic mass is 32.1. The van der Waals surface area contributed by atoms with E-state index in [4.69, 9.17) is 0 Å². The topological polar surface area (TPSA) is 0 Å². The third kappa shape index (κ3) is 4.35. The zero-order valence-electron chi connectivity index (χ0n) is 3.65. The van der Waals surface area contributed by atoms with Crippen molar-refractivity contribution in [2.45, 2.75) is 13.8 Å². The van der Waals surface area contributed by atoms with Gasteiger partial charge in [-0.15, -0.1) is 0 Å². The van der Waals surface area contributed by atoms with Crippen LogP contribution in [0.4, 0.5) is 0 Å². The van der Waals surface area contributed by atoms with Crippen molar-refractivity contribution >= 4 is 12.6 Å². The Bertz CT molecular complexity index is 17.6. The summed E-state index contributed by atoms with van der Waals surface area (Å²) in [5, 5.41) is 0. The molecule has 0 N–H and O–H groups in total. The summed E-state index contributed by atoms with van der Waals surface area (Å²) in [6.07, 6.45) is 0. The number of rotatable bonds is 1. The first-order valence-electron chi connectivity index (χ1n) is 1.67. The molecule has 0 aliphatic heterocycles. The van der Waals surface area contributed by atoms with Crippen molar-refractivity contribution in [1.29, 1.82) is 0 Å². The van der Waals surface area contributed by atoms with Gasteiger partial charge in [0.1, 0.15) is 0 Å². The van der Waals surface area contributed by atoms with Crippen molar-refractivity contribution in [1.82, 2.24) is 0 Å². The van der Waals surface area contributed by atoms with Gasteiger partial charge in [-0.1, -0.05) is 13.8 Å². The van der Waals surface area contributed by atoms with E-state index >= 15 is 0 Å². The van der Waals surface area contributed by atoms with Gasteiger partial charge < -0.3 is 0 Å². The molecule has 0 amide bonds. The quantitative estimate of drug-likeness (QED) is 0.463. The van der Waals surface area contributed by atoms with Crippen molar-refractivity contribution in [3.63, 3.8) is 0 Å². The summed E-state index contributed by atoms with van der Waals surface area (Å²) >= 11 is 3.98. The van der Waals surface area contributed by atoms with Crippen LogP contribution < -0.4 is 0 Å². The molecule has 0 atom stereocenters. The van der Waals surface area contributed by atoms with Gasteiger partial charge >= 0.3 is 0 Å². The fourth-order valence-electron chi connectivity index (χ4n) is 0. The first-order chi connectivity index (χ1) is 2.27. The van der Waals surface area contributed by atoms with Crippen molar-refractivity contribution in [3.05, 3.63) is 5.92 Å². The Morgan fingerprint density at radius 1 is 1.60 bits per heavy atom. The molecule has 0 bridgehead atoms. The smallest absolute Gasteiger partial charge is 0.00410 e. The second kappa shape index (κ2) is 2.58. The van der Waals surface area contributed by atoms with Crippen molar-refractivity contribution in [2.75, 3.05) is 5.75 Å². The molecule has 5 heavy (non-hydrogen) atoms. The zero-order chi connectivity index (χ0) is 4.28. The number of hydrogen-bond acceptors (Lipinski definition) is 1. The molecule has 0 aliphatic carbocycles. The minimum Gasteiger partial charge on any atom is -0.179 e. The fraction of sp³-hybridized carbons (Fsp3) is 0.750. The lowest BCUT2D eigenvalue weighted by Gasteiger charge is -1.89. The monoisotopic (exact) mass is 89.0 g/mol. The normalized spacial score (nSPS) is 9.60. The van der Waals surface area contributed by atoms with Gasteiger partial charge in [-0.3, -0.25) is 0 Å². The van der Waals surface area contributed by atoms with E-state index in [-0.39, 0.29) is 0 Å². The molecule has 0 saturated carbocycles. The van der Waals surface area contributed by atoms with E-state index < -0.39 is 0 Å². The molecule has 0 rings (SSSR count).